The van der Waals surface area contributed by atoms with Crippen molar-refractivity contribution in [1.29, 1.82) is 0 Å². The summed E-state index contributed by atoms with van der Waals surface area (Å²) in [5, 5.41) is 1.10. The average molecular weight is 302 g/mol. The molecule has 0 bridgehead atoms. The molecule has 0 spiro atoms. The number of aromatic nitrogens is 3. The van der Waals surface area contributed by atoms with Crippen LogP contribution in [0.5, 0.6) is 0 Å². The predicted octanol–water partition coefficient (Wildman–Crippen LogP) is 3.72. The van der Waals surface area contributed by atoms with Crippen LogP contribution in [0.4, 0.5) is 5.82 Å². The maximum Gasteiger partial charge on any atom is 0.152 e. The molecule has 4 aromatic rings. The Morgan fingerprint density at radius 1 is 0.957 bits per heavy atom. The molecule has 0 aliphatic carbocycles. The molecule has 2 heterocycles. The highest BCUT2D eigenvalue weighted by Crippen LogP contribution is 2.28. The lowest BCUT2D eigenvalue weighted by Gasteiger charge is -2.09. The summed E-state index contributed by atoms with van der Waals surface area (Å²) in [5.74, 6) is 1.47. The number of hydrogen-bond acceptors (Lipinski definition) is 3. The number of fused-ring (bicyclic) bond motifs is 3. The molecule has 0 fully saturated rings. The van der Waals surface area contributed by atoms with E-state index in [0.29, 0.717) is 5.82 Å². The van der Waals surface area contributed by atoms with Crippen LogP contribution in [0.3, 0.4) is 0 Å². The fourth-order valence-corrected chi connectivity index (χ4v) is 3.13. The van der Waals surface area contributed by atoms with E-state index in [1.165, 1.54) is 5.56 Å². The van der Waals surface area contributed by atoms with Gasteiger partial charge in [0.1, 0.15) is 11.3 Å². The number of pyridine rings is 1. The van der Waals surface area contributed by atoms with Crippen molar-refractivity contribution >= 4 is 27.8 Å². The normalized spacial score (nSPS) is 11.3. The largest absolute Gasteiger partial charge is 0.382 e. The molecule has 0 radical (unpaired) electrons. The van der Waals surface area contributed by atoms with E-state index in [4.69, 9.17) is 5.73 Å². The molecule has 114 valence electrons. The Bertz CT molecular complexity index is 987. The Morgan fingerprint density at radius 3 is 2.52 bits per heavy atom. The number of nitrogen functional groups attached to an aromatic ring is 1. The summed E-state index contributed by atoms with van der Waals surface area (Å²) in [7, 11) is 0. The molecule has 4 rings (SSSR count). The Hall–Kier alpha value is -2.88. The second kappa shape index (κ2) is 5.39. The highest BCUT2D eigenvalue weighted by molar-refractivity contribution is 6.06. The Morgan fingerprint density at radius 2 is 1.70 bits per heavy atom. The van der Waals surface area contributed by atoms with E-state index in [2.05, 4.69) is 44.9 Å². The lowest BCUT2D eigenvalue weighted by molar-refractivity contribution is 0.693. The molecular formula is C19H18N4. The van der Waals surface area contributed by atoms with E-state index in [1.807, 2.05) is 31.2 Å². The van der Waals surface area contributed by atoms with Crippen molar-refractivity contribution in [2.45, 2.75) is 19.9 Å². The van der Waals surface area contributed by atoms with Crippen LogP contribution in [-0.2, 0) is 13.0 Å². The molecule has 0 atom stereocenters. The number of benzene rings is 2. The van der Waals surface area contributed by atoms with E-state index < -0.39 is 0 Å². The fourth-order valence-electron chi connectivity index (χ4n) is 3.13. The van der Waals surface area contributed by atoms with Crippen molar-refractivity contribution in [3.63, 3.8) is 0 Å². The topological polar surface area (TPSA) is 56.7 Å². The van der Waals surface area contributed by atoms with Gasteiger partial charge in [-0.2, -0.15) is 0 Å². The van der Waals surface area contributed by atoms with Gasteiger partial charge in [0.05, 0.1) is 11.0 Å². The summed E-state index contributed by atoms with van der Waals surface area (Å²) in [6.45, 7) is 2.90. The zero-order valence-electron chi connectivity index (χ0n) is 13.0. The molecule has 2 aromatic carbocycles. The standard InChI is InChI=1S/C19H18N4/c1-13-21-17-18(15-9-5-6-10-16(15)22-19(17)20)23(13)12-11-14-7-3-2-4-8-14/h2-10H,11-12H2,1H3,(H2,20,22). The van der Waals surface area contributed by atoms with Gasteiger partial charge in [-0.1, -0.05) is 48.5 Å². The first-order chi connectivity index (χ1) is 11.2. The van der Waals surface area contributed by atoms with Crippen LogP contribution >= 0.6 is 0 Å². The van der Waals surface area contributed by atoms with Crippen molar-refractivity contribution in [2.24, 2.45) is 0 Å². The Labute approximate surface area is 134 Å². The van der Waals surface area contributed by atoms with Gasteiger partial charge in [-0.25, -0.2) is 9.97 Å². The monoisotopic (exact) mass is 302 g/mol. The van der Waals surface area contributed by atoms with E-state index in [1.54, 1.807) is 0 Å². The Balaban J connectivity index is 1.87. The van der Waals surface area contributed by atoms with Crippen molar-refractivity contribution < 1.29 is 0 Å². The molecule has 0 unspecified atom stereocenters. The second-order valence-corrected chi connectivity index (χ2v) is 5.76. The van der Waals surface area contributed by atoms with Gasteiger partial charge in [-0.15, -0.1) is 0 Å². The molecule has 0 saturated carbocycles. The number of rotatable bonds is 3. The number of imidazole rings is 1. The van der Waals surface area contributed by atoms with Gasteiger partial charge in [0.25, 0.3) is 0 Å². The van der Waals surface area contributed by atoms with E-state index >= 15 is 0 Å². The molecule has 4 heteroatoms. The van der Waals surface area contributed by atoms with Gasteiger partial charge >= 0.3 is 0 Å². The minimum absolute atomic E-state index is 0.500. The highest BCUT2D eigenvalue weighted by atomic mass is 15.1. The smallest absolute Gasteiger partial charge is 0.152 e. The van der Waals surface area contributed by atoms with E-state index in [9.17, 15) is 0 Å². The molecule has 0 aliphatic heterocycles. The summed E-state index contributed by atoms with van der Waals surface area (Å²) in [6.07, 6.45) is 0.962. The van der Waals surface area contributed by atoms with Gasteiger partial charge in [0.2, 0.25) is 0 Å². The third kappa shape index (κ3) is 2.32. The van der Waals surface area contributed by atoms with Crippen molar-refractivity contribution in [1.82, 2.24) is 14.5 Å². The molecule has 4 nitrogen and oxygen atoms in total. The first-order valence-electron chi connectivity index (χ1n) is 7.79. The van der Waals surface area contributed by atoms with Gasteiger partial charge < -0.3 is 10.3 Å². The number of aryl methyl sites for hydroxylation is 3. The van der Waals surface area contributed by atoms with Crippen LogP contribution in [0.2, 0.25) is 0 Å². The predicted molar refractivity (Wildman–Crippen MR) is 94.3 cm³/mol. The lowest BCUT2D eigenvalue weighted by Crippen LogP contribution is -2.04. The maximum atomic E-state index is 6.12. The van der Waals surface area contributed by atoms with Crippen LogP contribution in [0.15, 0.2) is 54.6 Å². The average Bonchev–Trinajstić information content (AvgIpc) is 2.91. The second-order valence-electron chi connectivity index (χ2n) is 5.76. The summed E-state index contributed by atoms with van der Waals surface area (Å²) < 4.78 is 2.25. The maximum absolute atomic E-state index is 6.12. The van der Waals surface area contributed by atoms with Crippen molar-refractivity contribution in [2.75, 3.05) is 5.73 Å². The third-order valence-corrected chi connectivity index (χ3v) is 4.27. The van der Waals surface area contributed by atoms with Gasteiger partial charge in [0, 0.05) is 11.9 Å². The minimum Gasteiger partial charge on any atom is -0.382 e. The summed E-state index contributed by atoms with van der Waals surface area (Å²) in [5.41, 5.74) is 10.2. The van der Waals surface area contributed by atoms with Gasteiger partial charge in [-0.3, -0.25) is 0 Å². The molecule has 0 saturated heterocycles. The molecule has 2 aromatic heterocycles. The van der Waals surface area contributed by atoms with Crippen LogP contribution in [0.25, 0.3) is 21.9 Å². The quantitative estimate of drug-likeness (QED) is 0.627. The minimum atomic E-state index is 0.500. The number of para-hydroxylation sites is 1. The highest BCUT2D eigenvalue weighted by Gasteiger charge is 2.14. The number of nitrogens with zero attached hydrogens (tertiary/aromatic N) is 3. The SMILES string of the molecule is Cc1nc2c(N)nc3ccccc3c2n1CCc1ccccc1. The van der Waals surface area contributed by atoms with Gasteiger partial charge in [-0.05, 0) is 25.0 Å². The van der Waals surface area contributed by atoms with Crippen molar-refractivity contribution in [3.05, 3.63) is 66.0 Å². The number of nitrogens with two attached hydrogens (primary N) is 1. The molecule has 0 aliphatic rings. The number of hydrogen-bond donors (Lipinski definition) is 1. The van der Waals surface area contributed by atoms with Crippen LogP contribution < -0.4 is 5.73 Å². The summed E-state index contributed by atoms with van der Waals surface area (Å²) in [4.78, 5) is 9.13. The fraction of sp³-hybridized carbons (Fsp3) is 0.158. The zero-order chi connectivity index (χ0) is 15.8. The first-order valence-corrected chi connectivity index (χ1v) is 7.79. The van der Waals surface area contributed by atoms with Crippen LogP contribution in [0, 0.1) is 6.92 Å². The van der Waals surface area contributed by atoms with E-state index in [-0.39, 0.29) is 0 Å². The zero-order valence-corrected chi connectivity index (χ0v) is 13.0. The van der Waals surface area contributed by atoms with E-state index in [0.717, 1.165) is 40.7 Å². The third-order valence-electron chi connectivity index (χ3n) is 4.27. The number of anilines is 1. The molecular weight excluding hydrogens is 284 g/mol. The lowest BCUT2D eigenvalue weighted by atomic mass is 10.1. The van der Waals surface area contributed by atoms with Crippen molar-refractivity contribution in [3.8, 4) is 0 Å². The summed E-state index contributed by atoms with van der Waals surface area (Å²) in [6, 6.07) is 18.6. The summed E-state index contributed by atoms with van der Waals surface area (Å²) >= 11 is 0. The molecule has 2 N–H and O–H groups in total. The Kier molecular flexibility index (Phi) is 3.23. The molecule has 23 heavy (non-hydrogen) atoms. The van der Waals surface area contributed by atoms with Crippen LogP contribution in [-0.4, -0.2) is 14.5 Å². The first kappa shape index (κ1) is 13.8. The van der Waals surface area contributed by atoms with Gasteiger partial charge in [0.15, 0.2) is 5.82 Å². The molecule has 0 amide bonds. The van der Waals surface area contributed by atoms with Crippen LogP contribution in [0.1, 0.15) is 11.4 Å².